The van der Waals surface area contributed by atoms with Gasteiger partial charge in [0.2, 0.25) is 0 Å². The first kappa shape index (κ1) is 21.4. The maximum Gasteiger partial charge on any atom is 0.262 e. The molecule has 2 aliphatic heterocycles. The van der Waals surface area contributed by atoms with Crippen molar-refractivity contribution in [2.75, 3.05) is 23.4 Å². The molecule has 2 saturated heterocycles. The van der Waals surface area contributed by atoms with Gasteiger partial charge in [0, 0.05) is 30.2 Å². The SMILES string of the molecule is O=CC1CCC(n2cc3cc(NC(=O)c4cnn5ccc(N6C[C@H]7C[C@@H]6CO7)nc45)ncc3n2)CC1. The number of nitrogens with one attached hydrogen (secondary N) is 1. The van der Waals surface area contributed by atoms with Crippen LogP contribution >= 0.6 is 0 Å². The molecule has 3 fully saturated rings. The average molecular weight is 487 g/mol. The minimum absolute atomic E-state index is 0.166. The fourth-order valence-electron chi connectivity index (χ4n) is 5.75. The second-order valence-electron chi connectivity index (χ2n) is 10.0. The van der Waals surface area contributed by atoms with Crippen molar-refractivity contribution in [1.82, 2.24) is 29.4 Å². The number of carbonyl (C=O) groups is 2. The van der Waals surface area contributed by atoms with E-state index < -0.39 is 0 Å². The van der Waals surface area contributed by atoms with Gasteiger partial charge >= 0.3 is 0 Å². The highest BCUT2D eigenvalue weighted by molar-refractivity contribution is 6.08. The number of fused-ring (bicyclic) bond motifs is 4. The fourth-order valence-corrected chi connectivity index (χ4v) is 5.75. The molecular formula is C25H26N8O3. The molecule has 2 atom stereocenters. The zero-order valence-electron chi connectivity index (χ0n) is 19.7. The summed E-state index contributed by atoms with van der Waals surface area (Å²) in [6.07, 6.45) is 13.0. The molecule has 4 aromatic heterocycles. The Hall–Kier alpha value is -3.86. The van der Waals surface area contributed by atoms with Crippen LogP contribution in [0.1, 0.15) is 48.5 Å². The lowest BCUT2D eigenvalue weighted by molar-refractivity contribution is -0.112. The van der Waals surface area contributed by atoms with E-state index in [4.69, 9.17) is 9.72 Å². The van der Waals surface area contributed by atoms with Crippen molar-refractivity contribution >= 4 is 40.4 Å². The largest absolute Gasteiger partial charge is 0.374 e. The quantitative estimate of drug-likeness (QED) is 0.428. The third kappa shape index (κ3) is 3.62. The molecule has 6 heterocycles. The Kier molecular flexibility index (Phi) is 4.98. The Bertz CT molecular complexity index is 1470. The summed E-state index contributed by atoms with van der Waals surface area (Å²) in [6.45, 7) is 1.54. The molecule has 1 amide bonds. The number of aromatic nitrogens is 6. The van der Waals surface area contributed by atoms with Gasteiger partial charge in [-0.05, 0) is 44.2 Å². The van der Waals surface area contributed by atoms with E-state index in [1.165, 1.54) is 6.20 Å². The van der Waals surface area contributed by atoms with Gasteiger partial charge in [-0.25, -0.2) is 14.5 Å². The Balaban J connectivity index is 1.11. The van der Waals surface area contributed by atoms with E-state index in [0.29, 0.717) is 23.1 Å². The first-order valence-corrected chi connectivity index (χ1v) is 12.5. The number of hydrogen-bond acceptors (Lipinski definition) is 8. The van der Waals surface area contributed by atoms with Crippen LogP contribution in [0.25, 0.3) is 16.6 Å². The van der Waals surface area contributed by atoms with Crippen LogP contribution in [0.5, 0.6) is 0 Å². The number of amides is 1. The predicted molar refractivity (Wildman–Crippen MR) is 131 cm³/mol. The molecule has 36 heavy (non-hydrogen) atoms. The summed E-state index contributed by atoms with van der Waals surface area (Å²) in [7, 11) is 0. The third-order valence-electron chi connectivity index (χ3n) is 7.75. The smallest absolute Gasteiger partial charge is 0.262 e. The van der Waals surface area contributed by atoms with Gasteiger partial charge in [0.05, 0.1) is 37.2 Å². The monoisotopic (exact) mass is 486 g/mol. The van der Waals surface area contributed by atoms with Crippen molar-refractivity contribution in [2.45, 2.75) is 50.3 Å². The van der Waals surface area contributed by atoms with E-state index in [1.54, 1.807) is 10.7 Å². The van der Waals surface area contributed by atoms with Gasteiger partial charge in [-0.1, -0.05) is 0 Å². The molecule has 0 radical (unpaired) electrons. The third-order valence-corrected chi connectivity index (χ3v) is 7.75. The summed E-state index contributed by atoms with van der Waals surface area (Å²) >= 11 is 0. The van der Waals surface area contributed by atoms with Gasteiger partial charge < -0.3 is 19.7 Å². The highest BCUT2D eigenvalue weighted by atomic mass is 16.5. The zero-order valence-corrected chi connectivity index (χ0v) is 19.7. The van der Waals surface area contributed by atoms with Crippen molar-refractivity contribution in [3.8, 4) is 0 Å². The number of carbonyl (C=O) groups excluding carboxylic acids is 2. The zero-order chi connectivity index (χ0) is 24.2. The molecule has 1 N–H and O–H groups in total. The fraction of sp³-hybridized carbons (Fsp3) is 0.440. The summed E-state index contributed by atoms with van der Waals surface area (Å²) in [6, 6.07) is 4.38. The molecule has 7 rings (SSSR count). The second-order valence-corrected chi connectivity index (χ2v) is 10.0. The summed E-state index contributed by atoms with van der Waals surface area (Å²) in [5.41, 5.74) is 1.67. The Labute approximate surface area is 206 Å². The van der Waals surface area contributed by atoms with Crippen molar-refractivity contribution in [2.24, 2.45) is 5.92 Å². The second kappa shape index (κ2) is 8.37. The van der Waals surface area contributed by atoms with Crippen LogP contribution in [-0.4, -0.2) is 66.9 Å². The van der Waals surface area contributed by atoms with Gasteiger partial charge in [-0.3, -0.25) is 9.48 Å². The lowest BCUT2D eigenvalue weighted by Gasteiger charge is -2.27. The predicted octanol–water partition coefficient (Wildman–Crippen LogP) is 2.63. The topological polar surface area (TPSA) is 120 Å². The maximum atomic E-state index is 13.2. The highest BCUT2D eigenvalue weighted by Crippen LogP contribution is 2.33. The standard InChI is InChI=1S/C25H26N8O3/c34-13-15-1-3-17(4-2-15)33-11-16-7-22(26-10-21(16)30-33)28-25(35)20-9-27-32-6-5-23(29-24(20)32)31-12-19-8-18(31)14-36-19/h5-7,9-11,13,15,17-19H,1-4,8,12,14H2,(H,28,35)/t15?,17?,18-,19-/m1/s1. The van der Waals surface area contributed by atoms with Crippen LogP contribution in [0.15, 0.2) is 36.9 Å². The molecule has 11 heteroatoms. The minimum atomic E-state index is -0.313. The summed E-state index contributed by atoms with van der Waals surface area (Å²) < 4.78 is 9.30. The maximum absolute atomic E-state index is 13.2. The van der Waals surface area contributed by atoms with Crippen molar-refractivity contribution in [3.63, 3.8) is 0 Å². The summed E-state index contributed by atoms with van der Waals surface area (Å²) in [4.78, 5) is 35.6. The van der Waals surface area contributed by atoms with Gasteiger partial charge in [0.1, 0.15) is 29.0 Å². The highest BCUT2D eigenvalue weighted by Gasteiger charge is 2.39. The van der Waals surface area contributed by atoms with Crippen LogP contribution in [0, 0.1) is 5.92 Å². The van der Waals surface area contributed by atoms with E-state index >= 15 is 0 Å². The molecule has 0 unspecified atom stereocenters. The van der Waals surface area contributed by atoms with Crippen molar-refractivity contribution < 1.29 is 14.3 Å². The summed E-state index contributed by atoms with van der Waals surface area (Å²) in [5, 5.41) is 12.8. The number of hydrogen-bond donors (Lipinski definition) is 1. The number of morpholine rings is 1. The number of nitrogens with zero attached hydrogens (tertiary/aromatic N) is 7. The van der Waals surface area contributed by atoms with Crippen LogP contribution in [0.4, 0.5) is 11.6 Å². The van der Waals surface area contributed by atoms with E-state index in [9.17, 15) is 9.59 Å². The lowest BCUT2D eigenvalue weighted by atomic mass is 9.87. The number of pyridine rings is 1. The minimum Gasteiger partial charge on any atom is -0.374 e. The molecule has 1 aliphatic carbocycles. The summed E-state index contributed by atoms with van der Waals surface area (Å²) in [5.74, 6) is 1.13. The van der Waals surface area contributed by atoms with Gasteiger partial charge in [-0.15, -0.1) is 0 Å². The average Bonchev–Trinajstić information content (AvgIpc) is 3.71. The van der Waals surface area contributed by atoms with E-state index in [2.05, 4.69) is 25.4 Å². The first-order valence-electron chi connectivity index (χ1n) is 12.5. The molecular weight excluding hydrogens is 460 g/mol. The van der Waals surface area contributed by atoms with E-state index in [0.717, 1.165) is 68.3 Å². The van der Waals surface area contributed by atoms with Gasteiger partial charge in [0.15, 0.2) is 5.65 Å². The van der Waals surface area contributed by atoms with Crippen molar-refractivity contribution in [1.29, 1.82) is 0 Å². The first-order chi connectivity index (χ1) is 17.6. The molecule has 1 saturated carbocycles. The Morgan fingerprint density at radius 2 is 2.06 bits per heavy atom. The van der Waals surface area contributed by atoms with Gasteiger partial charge in [-0.2, -0.15) is 10.2 Å². The lowest BCUT2D eigenvalue weighted by Crippen LogP contribution is -2.37. The molecule has 184 valence electrons. The van der Waals surface area contributed by atoms with E-state index in [-0.39, 0.29) is 24.0 Å². The molecule has 4 aromatic rings. The number of anilines is 2. The molecule has 2 bridgehead atoms. The molecule has 3 aliphatic rings. The van der Waals surface area contributed by atoms with E-state index in [1.807, 2.05) is 29.2 Å². The molecule has 11 nitrogen and oxygen atoms in total. The van der Waals surface area contributed by atoms with Crippen LogP contribution in [0.2, 0.25) is 0 Å². The Morgan fingerprint density at radius 3 is 2.83 bits per heavy atom. The van der Waals surface area contributed by atoms with Gasteiger partial charge in [0.25, 0.3) is 5.91 Å². The van der Waals surface area contributed by atoms with Crippen LogP contribution in [0.3, 0.4) is 0 Å². The number of aldehydes is 1. The molecule has 0 spiro atoms. The Morgan fingerprint density at radius 1 is 1.17 bits per heavy atom. The normalized spacial score (nSPS) is 25.6. The van der Waals surface area contributed by atoms with Crippen molar-refractivity contribution in [3.05, 3.63) is 42.5 Å². The molecule has 0 aromatic carbocycles. The van der Waals surface area contributed by atoms with Crippen LogP contribution < -0.4 is 10.2 Å². The number of ether oxygens (including phenoxy) is 1. The number of rotatable bonds is 5. The van der Waals surface area contributed by atoms with Crippen LogP contribution in [-0.2, 0) is 9.53 Å².